The minimum Gasteiger partial charge on any atom is -0.368 e. The summed E-state index contributed by atoms with van der Waals surface area (Å²) in [6, 6.07) is 9.92. The Bertz CT molecular complexity index is 346. The second-order valence-corrected chi connectivity index (χ2v) is 4.44. The quantitative estimate of drug-likeness (QED) is 0.785. The molecule has 3 N–H and O–H groups in total. The van der Waals surface area contributed by atoms with Gasteiger partial charge in [0.1, 0.15) is 0 Å². The number of carbonyl (C=O) groups is 1. The number of nitrogens with one attached hydrogen (secondary N) is 1. The summed E-state index contributed by atoms with van der Waals surface area (Å²) in [7, 11) is 0. The fraction of sp³-hybridized carbons (Fsp3) is 0.462. The molecule has 1 atom stereocenters. The van der Waals surface area contributed by atoms with Gasteiger partial charge in [0, 0.05) is 6.54 Å². The van der Waals surface area contributed by atoms with Crippen LogP contribution in [0.3, 0.4) is 0 Å². The van der Waals surface area contributed by atoms with Crippen molar-refractivity contribution in [3.05, 3.63) is 35.9 Å². The van der Waals surface area contributed by atoms with Gasteiger partial charge in [-0.1, -0.05) is 36.8 Å². The van der Waals surface area contributed by atoms with Gasteiger partial charge in [-0.3, -0.25) is 4.79 Å². The van der Waals surface area contributed by atoms with E-state index in [-0.39, 0.29) is 11.9 Å². The molecule has 0 heterocycles. The molecule has 0 aliphatic heterocycles. The van der Waals surface area contributed by atoms with Crippen molar-refractivity contribution in [1.29, 1.82) is 0 Å². The van der Waals surface area contributed by atoms with Gasteiger partial charge in [0.25, 0.3) is 0 Å². The minimum atomic E-state index is -0.222. The highest BCUT2D eigenvalue weighted by atomic mass is 16.1. The molecular formula is C13H18N2O. The van der Waals surface area contributed by atoms with Gasteiger partial charge in [-0.15, -0.1) is 0 Å². The molecule has 86 valence electrons. The molecule has 3 heteroatoms. The number of primary amides is 1. The fourth-order valence-electron chi connectivity index (χ4n) is 2.10. The van der Waals surface area contributed by atoms with Crippen molar-refractivity contribution >= 4 is 5.91 Å². The van der Waals surface area contributed by atoms with E-state index < -0.39 is 0 Å². The number of hydrogen-bond donors (Lipinski definition) is 2. The minimum absolute atomic E-state index is 0.158. The van der Waals surface area contributed by atoms with Crippen LogP contribution in [0.25, 0.3) is 0 Å². The molecule has 1 aliphatic rings. The van der Waals surface area contributed by atoms with Gasteiger partial charge in [0.05, 0.1) is 6.04 Å². The molecule has 1 aliphatic carbocycles. The SMILES string of the molecule is NC(=O)[C@@H](NCc1ccccc1)C1CCC1. The molecule has 1 fully saturated rings. The van der Waals surface area contributed by atoms with E-state index in [0.717, 1.165) is 12.8 Å². The summed E-state index contributed by atoms with van der Waals surface area (Å²) in [5.74, 6) is 0.224. The Hall–Kier alpha value is -1.35. The van der Waals surface area contributed by atoms with Crippen molar-refractivity contribution in [2.24, 2.45) is 11.7 Å². The predicted molar refractivity (Wildman–Crippen MR) is 63.6 cm³/mol. The van der Waals surface area contributed by atoms with Crippen molar-refractivity contribution in [3.8, 4) is 0 Å². The first-order chi connectivity index (χ1) is 7.77. The largest absolute Gasteiger partial charge is 0.368 e. The lowest BCUT2D eigenvalue weighted by Crippen LogP contribution is -2.48. The lowest BCUT2D eigenvalue weighted by molar-refractivity contribution is -0.122. The molecule has 16 heavy (non-hydrogen) atoms. The van der Waals surface area contributed by atoms with Crippen molar-refractivity contribution in [2.45, 2.75) is 31.8 Å². The van der Waals surface area contributed by atoms with E-state index in [9.17, 15) is 4.79 Å². The Kier molecular flexibility index (Phi) is 3.57. The molecule has 1 amide bonds. The highest BCUT2D eigenvalue weighted by Crippen LogP contribution is 2.29. The van der Waals surface area contributed by atoms with Crippen LogP contribution in [0.4, 0.5) is 0 Å². The molecular weight excluding hydrogens is 200 g/mol. The molecule has 0 unspecified atom stereocenters. The molecule has 0 spiro atoms. The van der Waals surface area contributed by atoms with Crippen LogP contribution in [0, 0.1) is 5.92 Å². The van der Waals surface area contributed by atoms with E-state index in [1.54, 1.807) is 0 Å². The Morgan fingerprint density at radius 2 is 2.06 bits per heavy atom. The first-order valence-electron chi connectivity index (χ1n) is 5.84. The third-order valence-corrected chi connectivity index (χ3v) is 3.30. The maximum Gasteiger partial charge on any atom is 0.234 e. The summed E-state index contributed by atoms with van der Waals surface area (Å²) >= 11 is 0. The van der Waals surface area contributed by atoms with Crippen molar-refractivity contribution < 1.29 is 4.79 Å². The van der Waals surface area contributed by atoms with Crippen LogP contribution < -0.4 is 11.1 Å². The average Bonchev–Trinajstić information content (AvgIpc) is 2.22. The van der Waals surface area contributed by atoms with Gasteiger partial charge in [0.2, 0.25) is 5.91 Å². The molecule has 1 aromatic carbocycles. The van der Waals surface area contributed by atoms with E-state index in [4.69, 9.17) is 5.73 Å². The van der Waals surface area contributed by atoms with Gasteiger partial charge in [-0.05, 0) is 24.3 Å². The van der Waals surface area contributed by atoms with E-state index in [0.29, 0.717) is 12.5 Å². The molecule has 3 nitrogen and oxygen atoms in total. The Morgan fingerprint density at radius 3 is 2.56 bits per heavy atom. The maximum atomic E-state index is 11.3. The first-order valence-corrected chi connectivity index (χ1v) is 5.84. The van der Waals surface area contributed by atoms with Crippen molar-refractivity contribution in [1.82, 2.24) is 5.32 Å². The van der Waals surface area contributed by atoms with Crippen molar-refractivity contribution in [2.75, 3.05) is 0 Å². The third-order valence-electron chi connectivity index (χ3n) is 3.30. The summed E-state index contributed by atoms with van der Waals surface area (Å²) in [6.07, 6.45) is 3.46. The average molecular weight is 218 g/mol. The summed E-state index contributed by atoms with van der Waals surface area (Å²) in [6.45, 7) is 0.713. The zero-order chi connectivity index (χ0) is 11.4. The topological polar surface area (TPSA) is 55.1 Å². The molecule has 0 radical (unpaired) electrons. The monoisotopic (exact) mass is 218 g/mol. The van der Waals surface area contributed by atoms with E-state index in [1.807, 2.05) is 30.3 Å². The number of rotatable bonds is 5. The molecule has 2 rings (SSSR count). The lowest BCUT2D eigenvalue weighted by Gasteiger charge is -2.32. The Labute approximate surface area is 96.0 Å². The standard InChI is InChI=1S/C13H18N2O/c14-13(16)12(11-7-4-8-11)15-9-10-5-2-1-3-6-10/h1-3,5-6,11-12,15H,4,7-9H2,(H2,14,16)/t12-/m0/s1. The van der Waals surface area contributed by atoms with Gasteiger partial charge < -0.3 is 11.1 Å². The molecule has 1 saturated carbocycles. The summed E-state index contributed by atoms with van der Waals surface area (Å²) < 4.78 is 0. The van der Waals surface area contributed by atoms with Gasteiger partial charge in [-0.25, -0.2) is 0 Å². The van der Waals surface area contributed by atoms with Crippen LogP contribution in [0.2, 0.25) is 0 Å². The smallest absolute Gasteiger partial charge is 0.234 e. The Balaban J connectivity index is 1.89. The molecule has 0 bridgehead atoms. The van der Waals surface area contributed by atoms with Crippen molar-refractivity contribution in [3.63, 3.8) is 0 Å². The van der Waals surface area contributed by atoms with Gasteiger partial charge >= 0.3 is 0 Å². The van der Waals surface area contributed by atoms with Crippen LogP contribution in [-0.2, 0) is 11.3 Å². The van der Waals surface area contributed by atoms with E-state index >= 15 is 0 Å². The Morgan fingerprint density at radius 1 is 1.38 bits per heavy atom. The zero-order valence-electron chi connectivity index (χ0n) is 9.36. The van der Waals surface area contributed by atoms with Gasteiger partial charge in [-0.2, -0.15) is 0 Å². The van der Waals surface area contributed by atoms with Crippen LogP contribution in [0.1, 0.15) is 24.8 Å². The van der Waals surface area contributed by atoms with Gasteiger partial charge in [0.15, 0.2) is 0 Å². The maximum absolute atomic E-state index is 11.3. The predicted octanol–water partition coefficient (Wildman–Crippen LogP) is 1.43. The fourth-order valence-corrected chi connectivity index (χ4v) is 2.10. The summed E-state index contributed by atoms with van der Waals surface area (Å²) in [5.41, 5.74) is 6.60. The summed E-state index contributed by atoms with van der Waals surface area (Å²) in [5, 5.41) is 3.26. The first kappa shape index (κ1) is 11.1. The van der Waals surface area contributed by atoms with E-state index in [1.165, 1.54) is 12.0 Å². The normalized spacial score (nSPS) is 17.8. The third kappa shape index (κ3) is 2.61. The second-order valence-electron chi connectivity index (χ2n) is 4.44. The van der Waals surface area contributed by atoms with E-state index in [2.05, 4.69) is 5.32 Å². The number of nitrogens with two attached hydrogens (primary N) is 1. The number of carbonyl (C=O) groups excluding carboxylic acids is 1. The van der Waals surface area contributed by atoms with Crippen LogP contribution in [0.15, 0.2) is 30.3 Å². The number of amides is 1. The molecule has 0 saturated heterocycles. The molecule has 0 aromatic heterocycles. The highest BCUT2D eigenvalue weighted by Gasteiger charge is 2.30. The summed E-state index contributed by atoms with van der Waals surface area (Å²) in [4.78, 5) is 11.3. The number of hydrogen-bond acceptors (Lipinski definition) is 2. The zero-order valence-corrected chi connectivity index (χ0v) is 9.36. The molecule has 1 aromatic rings. The highest BCUT2D eigenvalue weighted by molar-refractivity contribution is 5.80. The van der Waals surface area contributed by atoms with Crippen LogP contribution in [-0.4, -0.2) is 11.9 Å². The number of benzene rings is 1. The van der Waals surface area contributed by atoms with Crippen LogP contribution >= 0.6 is 0 Å². The lowest BCUT2D eigenvalue weighted by atomic mass is 9.79. The second kappa shape index (κ2) is 5.12. The van der Waals surface area contributed by atoms with Crippen LogP contribution in [0.5, 0.6) is 0 Å².